The second-order valence-electron chi connectivity index (χ2n) is 5.84. The van der Waals surface area contributed by atoms with Crippen LogP contribution < -0.4 is 10.6 Å². The molecule has 3 heterocycles. The summed E-state index contributed by atoms with van der Waals surface area (Å²) in [6.07, 6.45) is -3.34. The number of alkyl halides is 3. The van der Waals surface area contributed by atoms with Crippen LogP contribution in [0.1, 0.15) is 28.5 Å². The third-order valence-electron chi connectivity index (χ3n) is 4.17. The van der Waals surface area contributed by atoms with Crippen molar-refractivity contribution in [1.82, 2.24) is 14.9 Å². The van der Waals surface area contributed by atoms with Gasteiger partial charge in [-0.1, -0.05) is 0 Å². The molecule has 0 atom stereocenters. The first kappa shape index (κ1) is 18.9. The number of thiophene rings is 1. The second-order valence-corrected chi connectivity index (χ2v) is 6.94. The third kappa shape index (κ3) is 3.66. The quantitative estimate of drug-likeness (QED) is 0.828. The van der Waals surface area contributed by atoms with Crippen LogP contribution in [-0.4, -0.2) is 34.4 Å². The average Bonchev–Trinajstić information content (AvgIpc) is 2.96. The van der Waals surface area contributed by atoms with E-state index in [1.807, 2.05) is 0 Å². The van der Waals surface area contributed by atoms with Gasteiger partial charge in [0.2, 0.25) is 11.9 Å². The number of aromatic nitrogens is 2. The zero-order valence-corrected chi connectivity index (χ0v) is 15.3. The number of nitrogens with one attached hydrogen (secondary N) is 2. The Morgan fingerprint density at radius 1 is 1.44 bits per heavy atom. The van der Waals surface area contributed by atoms with Gasteiger partial charge in [-0.3, -0.25) is 4.79 Å². The third-order valence-corrected chi connectivity index (χ3v) is 5.30. The van der Waals surface area contributed by atoms with Crippen LogP contribution in [0.25, 0.3) is 0 Å². The van der Waals surface area contributed by atoms with Gasteiger partial charge in [-0.2, -0.15) is 23.4 Å². The van der Waals surface area contributed by atoms with Crippen molar-refractivity contribution in [1.29, 1.82) is 5.26 Å². The van der Waals surface area contributed by atoms with Crippen molar-refractivity contribution in [3.8, 4) is 6.07 Å². The van der Waals surface area contributed by atoms with Crippen LogP contribution in [0, 0.1) is 11.3 Å². The molecule has 1 aliphatic rings. The molecular weight excluding hydrogens is 381 g/mol. The van der Waals surface area contributed by atoms with Crippen LogP contribution in [0.3, 0.4) is 0 Å². The Labute approximate surface area is 156 Å². The molecule has 0 bridgehead atoms. The number of fused-ring (bicyclic) bond motifs is 1. The van der Waals surface area contributed by atoms with E-state index in [-0.39, 0.29) is 17.7 Å². The standard InChI is InChI=1S/C16H15F3N6OS/c1-8(26)25-4-3-9-10(5-20)14(27-12(9)7-25)24-15-22-6-11(16(17,18)19)13(21-2)23-15/h6H,3-4,7H2,1-2H3,(H2,21,22,23,24). The molecule has 1 aliphatic heterocycles. The minimum Gasteiger partial charge on any atom is -0.372 e. The summed E-state index contributed by atoms with van der Waals surface area (Å²) in [5, 5.41) is 15.2. The molecular formula is C16H15F3N6OS. The van der Waals surface area contributed by atoms with Crippen LogP contribution in [0.2, 0.25) is 0 Å². The van der Waals surface area contributed by atoms with Crippen molar-refractivity contribution in [2.45, 2.75) is 26.1 Å². The van der Waals surface area contributed by atoms with Crippen LogP contribution in [0.15, 0.2) is 6.20 Å². The van der Waals surface area contributed by atoms with E-state index >= 15 is 0 Å². The van der Waals surface area contributed by atoms with Crippen molar-refractivity contribution in [2.24, 2.45) is 0 Å². The molecule has 2 aromatic rings. The first-order valence-corrected chi connectivity index (χ1v) is 8.75. The van der Waals surface area contributed by atoms with E-state index in [0.29, 0.717) is 36.3 Å². The molecule has 0 aromatic carbocycles. The molecule has 3 rings (SSSR count). The van der Waals surface area contributed by atoms with E-state index < -0.39 is 11.7 Å². The highest BCUT2D eigenvalue weighted by Crippen LogP contribution is 2.38. The van der Waals surface area contributed by atoms with Crippen LogP contribution in [0.4, 0.5) is 29.9 Å². The zero-order chi connectivity index (χ0) is 19.8. The number of hydrogen-bond donors (Lipinski definition) is 2. The molecule has 0 unspecified atom stereocenters. The van der Waals surface area contributed by atoms with Gasteiger partial charge >= 0.3 is 6.18 Å². The largest absolute Gasteiger partial charge is 0.421 e. The summed E-state index contributed by atoms with van der Waals surface area (Å²) in [7, 11) is 1.34. The predicted molar refractivity (Wildman–Crippen MR) is 93.7 cm³/mol. The SMILES string of the molecule is CNc1nc(Nc2sc3c(c2C#N)CCN(C(C)=O)C3)ncc1C(F)(F)F. The number of rotatable bonds is 3. The summed E-state index contributed by atoms with van der Waals surface area (Å²) in [5.41, 5.74) is 0.287. The Bertz CT molecular complexity index is 933. The van der Waals surface area contributed by atoms with Gasteiger partial charge in [0.25, 0.3) is 0 Å². The summed E-state index contributed by atoms with van der Waals surface area (Å²) in [6.45, 7) is 2.41. The number of nitriles is 1. The summed E-state index contributed by atoms with van der Waals surface area (Å²) in [5.74, 6) is -0.458. The van der Waals surface area contributed by atoms with Gasteiger partial charge in [0.15, 0.2) is 0 Å². The molecule has 2 aromatic heterocycles. The summed E-state index contributed by atoms with van der Waals surface area (Å²) < 4.78 is 38.9. The highest BCUT2D eigenvalue weighted by Gasteiger charge is 2.35. The molecule has 0 saturated carbocycles. The number of nitrogens with zero attached hydrogens (tertiary/aromatic N) is 4. The number of anilines is 3. The van der Waals surface area contributed by atoms with E-state index in [4.69, 9.17) is 0 Å². The Morgan fingerprint density at radius 3 is 2.78 bits per heavy atom. The average molecular weight is 396 g/mol. The van der Waals surface area contributed by atoms with Crippen LogP contribution in [-0.2, 0) is 23.9 Å². The Hall–Kier alpha value is -2.87. The summed E-state index contributed by atoms with van der Waals surface area (Å²) in [6, 6.07) is 2.13. The summed E-state index contributed by atoms with van der Waals surface area (Å²) >= 11 is 1.28. The highest BCUT2D eigenvalue weighted by molar-refractivity contribution is 7.16. The number of carbonyl (C=O) groups excluding carboxylic acids is 1. The van der Waals surface area contributed by atoms with Gasteiger partial charge in [-0.15, -0.1) is 11.3 Å². The maximum Gasteiger partial charge on any atom is 0.421 e. The topological polar surface area (TPSA) is 93.9 Å². The number of hydrogen-bond acceptors (Lipinski definition) is 7. The number of halogens is 3. The highest BCUT2D eigenvalue weighted by atomic mass is 32.1. The summed E-state index contributed by atoms with van der Waals surface area (Å²) in [4.78, 5) is 21.7. The molecule has 7 nitrogen and oxygen atoms in total. The van der Waals surface area contributed by atoms with E-state index in [9.17, 15) is 23.2 Å². The maximum atomic E-state index is 13.0. The molecule has 0 aliphatic carbocycles. The fourth-order valence-electron chi connectivity index (χ4n) is 2.82. The monoisotopic (exact) mass is 396 g/mol. The van der Waals surface area contributed by atoms with Crippen molar-refractivity contribution >= 4 is 34.0 Å². The first-order valence-electron chi connectivity index (χ1n) is 7.93. The smallest absolute Gasteiger partial charge is 0.372 e. The van der Waals surface area contributed by atoms with Crippen molar-refractivity contribution < 1.29 is 18.0 Å². The molecule has 0 spiro atoms. The van der Waals surface area contributed by atoms with Crippen molar-refractivity contribution in [3.05, 3.63) is 27.8 Å². The molecule has 27 heavy (non-hydrogen) atoms. The minimum absolute atomic E-state index is 0.0493. The van der Waals surface area contributed by atoms with Gasteiger partial charge in [-0.25, -0.2) is 4.98 Å². The molecule has 1 amide bonds. The fourth-order valence-corrected chi connectivity index (χ4v) is 4.03. The van der Waals surface area contributed by atoms with Gasteiger partial charge in [0, 0.05) is 31.6 Å². The van der Waals surface area contributed by atoms with E-state index in [0.717, 1.165) is 10.4 Å². The van der Waals surface area contributed by atoms with Crippen molar-refractivity contribution in [2.75, 3.05) is 24.2 Å². The number of amides is 1. The lowest BCUT2D eigenvalue weighted by molar-refractivity contribution is -0.137. The molecule has 0 radical (unpaired) electrons. The minimum atomic E-state index is -4.58. The number of carbonyl (C=O) groups is 1. The van der Waals surface area contributed by atoms with E-state index in [2.05, 4.69) is 26.7 Å². The van der Waals surface area contributed by atoms with Gasteiger partial charge in [0.05, 0.1) is 12.1 Å². The first-order chi connectivity index (χ1) is 12.7. The van der Waals surface area contributed by atoms with Crippen LogP contribution >= 0.6 is 11.3 Å². The zero-order valence-electron chi connectivity index (χ0n) is 14.4. The van der Waals surface area contributed by atoms with Gasteiger partial charge < -0.3 is 15.5 Å². The molecule has 2 N–H and O–H groups in total. The molecule has 0 fully saturated rings. The van der Waals surface area contributed by atoms with E-state index in [1.165, 1.54) is 25.3 Å². The molecule has 142 valence electrons. The maximum absolute atomic E-state index is 13.0. The lowest BCUT2D eigenvalue weighted by Crippen LogP contribution is -2.33. The normalized spacial score (nSPS) is 13.7. The lowest BCUT2D eigenvalue weighted by atomic mass is 10.0. The lowest BCUT2D eigenvalue weighted by Gasteiger charge is -2.25. The van der Waals surface area contributed by atoms with Crippen LogP contribution in [0.5, 0.6) is 0 Å². The Balaban J connectivity index is 1.93. The fraction of sp³-hybridized carbons (Fsp3) is 0.375. The van der Waals surface area contributed by atoms with Crippen molar-refractivity contribution in [3.63, 3.8) is 0 Å². The molecule has 11 heteroatoms. The predicted octanol–water partition coefficient (Wildman–Crippen LogP) is 3.12. The van der Waals surface area contributed by atoms with Gasteiger partial charge in [0.1, 0.15) is 22.5 Å². The Kier molecular flexibility index (Phi) is 4.93. The molecule has 0 saturated heterocycles. The van der Waals surface area contributed by atoms with E-state index in [1.54, 1.807) is 4.90 Å². The van der Waals surface area contributed by atoms with Gasteiger partial charge in [-0.05, 0) is 12.0 Å². The Morgan fingerprint density at radius 2 is 2.19 bits per heavy atom. The second kappa shape index (κ2) is 7.03.